The summed E-state index contributed by atoms with van der Waals surface area (Å²) < 4.78 is 11.7. The molecule has 1 heterocycles. The highest BCUT2D eigenvalue weighted by Gasteiger charge is 2.21. The normalized spacial score (nSPS) is 14.7. The van der Waals surface area contributed by atoms with Gasteiger partial charge in [-0.25, -0.2) is 4.79 Å². The zero-order valence-electron chi connectivity index (χ0n) is 16.0. The number of nitrogens with one attached hydrogen (secondary N) is 1. The van der Waals surface area contributed by atoms with Crippen LogP contribution >= 0.6 is 24.0 Å². The average molecular weight is 428 g/mol. The Bertz CT molecular complexity index is 955. The van der Waals surface area contributed by atoms with Crippen LogP contribution in [0, 0.1) is 0 Å². The highest BCUT2D eigenvalue weighted by molar-refractivity contribution is 8.26. The molecule has 1 aliphatic heterocycles. The van der Waals surface area contributed by atoms with Gasteiger partial charge in [0.2, 0.25) is 0 Å². The van der Waals surface area contributed by atoms with E-state index in [2.05, 4.69) is 5.32 Å². The summed E-state index contributed by atoms with van der Waals surface area (Å²) in [4.78, 5) is 24.7. The van der Waals surface area contributed by atoms with Crippen molar-refractivity contribution in [2.75, 3.05) is 6.61 Å². The standard InChI is InChI=1S/C22H21NO4S2/c1-2-3-11-26-21(25)18-10-5-4-8-16(18)14-27-17-9-6-7-15(12-17)13-19-20(24)23-22(28)29-19/h4-10,12-13H,2-3,11,14H2,1H3,(H,23,24,28). The van der Waals surface area contributed by atoms with Gasteiger partial charge in [-0.15, -0.1) is 0 Å². The molecule has 1 saturated heterocycles. The second-order valence-corrected chi connectivity index (χ2v) is 8.08. The number of thiocarbonyl (C=S) groups is 1. The first kappa shape index (κ1) is 21.1. The summed E-state index contributed by atoms with van der Waals surface area (Å²) in [5.74, 6) is 0.109. The molecule has 1 N–H and O–H groups in total. The fraction of sp³-hybridized carbons (Fsp3) is 0.227. The predicted molar refractivity (Wildman–Crippen MR) is 119 cm³/mol. The van der Waals surface area contributed by atoms with Crippen molar-refractivity contribution in [3.05, 3.63) is 70.1 Å². The van der Waals surface area contributed by atoms with Gasteiger partial charge in [-0.2, -0.15) is 0 Å². The number of carbonyl (C=O) groups is 2. The Labute approximate surface area is 179 Å². The van der Waals surface area contributed by atoms with Crippen molar-refractivity contribution in [3.63, 3.8) is 0 Å². The average Bonchev–Trinajstić information content (AvgIpc) is 3.03. The molecule has 7 heteroatoms. The van der Waals surface area contributed by atoms with Crippen LogP contribution in [0.15, 0.2) is 53.4 Å². The molecule has 1 fully saturated rings. The van der Waals surface area contributed by atoms with E-state index >= 15 is 0 Å². The van der Waals surface area contributed by atoms with Crippen LogP contribution in [0.5, 0.6) is 5.75 Å². The molecule has 2 aromatic carbocycles. The summed E-state index contributed by atoms with van der Waals surface area (Å²) >= 11 is 6.24. The van der Waals surface area contributed by atoms with E-state index in [0.29, 0.717) is 27.1 Å². The van der Waals surface area contributed by atoms with E-state index in [9.17, 15) is 9.59 Å². The lowest BCUT2D eigenvalue weighted by Gasteiger charge is -2.11. The van der Waals surface area contributed by atoms with E-state index in [1.807, 2.05) is 49.4 Å². The van der Waals surface area contributed by atoms with Crippen molar-refractivity contribution in [2.24, 2.45) is 0 Å². The quantitative estimate of drug-likeness (QED) is 0.285. The van der Waals surface area contributed by atoms with Gasteiger partial charge in [0, 0.05) is 5.56 Å². The molecule has 0 radical (unpaired) electrons. The van der Waals surface area contributed by atoms with E-state index in [-0.39, 0.29) is 18.5 Å². The second kappa shape index (κ2) is 10.2. The largest absolute Gasteiger partial charge is 0.489 e. The van der Waals surface area contributed by atoms with Crippen LogP contribution in [0.2, 0.25) is 0 Å². The zero-order valence-corrected chi connectivity index (χ0v) is 17.6. The number of hydrogen-bond acceptors (Lipinski definition) is 6. The third-order valence-electron chi connectivity index (χ3n) is 4.16. The minimum atomic E-state index is -0.337. The third kappa shape index (κ3) is 5.92. The highest BCUT2D eigenvalue weighted by atomic mass is 32.2. The Kier molecular flexibility index (Phi) is 7.43. The van der Waals surface area contributed by atoms with Crippen LogP contribution in [0.4, 0.5) is 0 Å². The van der Waals surface area contributed by atoms with Gasteiger partial charge >= 0.3 is 5.97 Å². The van der Waals surface area contributed by atoms with Crippen molar-refractivity contribution in [1.82, 2.24) is 5.32 Å². The first-order valence-electron chi connectivity index (χ1n) is 9.29. The number of benzene rings is 2. The summed E-state index contributed by atoms with van der Waals surface area (Å²) in [6, 6.07) is 14.7. The van der Waals surface area contributed by atoms with Crippen LogP contribution in [0.25, 0.3) is 6.08 Å². The number of amides is 1. The summed E-state index contributed by atoms with van der Waals surface area (Å²) in [6.45, 7) is 2.69. The lowest BCUT2D eigenvalue weighted by Crippen LogP contribution is -2.17. The van der Waals surface area contributed by atoms with Crippen LogP contribution < -0.4 is 10.1 Å². The number of hydrogen-bond donors (Lipinski definition) is 1. The number of ether oxygens (including phenoxy) is 2. The first-order chi connectivity index (χ1) is 14.1. The van der Waals surface area contributed by atoms with Crippen molar-refractivity contribution < 1.29 is 19.1 Å². The zero-order chi connectivity index (χ0) is 20.6. The first-order valence-corrected chi connectivity index (χ1v) is 10.5. The van der Waals surface area contributed by atoms with E-state index < -0.39 is 0 Å². The number of esters is 1. The minimum absolute atomic E-state index is 0.193. The number of thioether (sulfide) groups is 1. The van der Waals surface area contributed by atoms with Crippen molar-refractivity contribution in [2.45, 2.75) is 26.4 Å². The maximum atomic E-state index is 12.3. The minimum Gasteiger partial charge on any atom is -0.489 e. The molecule has 0 bridgehead atoms. The Morgan fingerprint density at radius 3 is 2.79 bits per heavy atom. The molecular weight excluding hydrogens is 406 g/mol. The Morgan fingerprint density at radius 1 is 1.21 bits per heavy atom. The SMILES string of the molecule is CCCCOC(=O)c1ccccc1COc1cccc(C=C2SC(=S)NC2=O)c1. The Hall–Kier alpha value is -2.64. The number of unbranched alkanes of at least 4 members (excludes halogenated alkanes) is 1. The molecule has 150 valence electrons. The molecule has 0 aliphatic carbocycles. The summed E-state index contributed by atoms with van der Waals surface area (Å²) in [6.07, 6.45) is 3.58. The molecule has 5 nitrogen and oxygen atoms in total. The number of rotatable bonds is 8. The van der Waals surface area contributed by atoms with Gasteiger partial charge in [0.25, 0.3) is 5.91 Å². The Morgan fingerprint density at radius 2 is 2.03 bits per heavy atom. The molecule has 0 saturated carbocycles. The molecule has 1 amide bonds. The molecule has 0 aromatic heterocycles. The summed E-state index contributed by atoms with van der Waals surface area (Å²) in [7, 11) is 0. The molecule has 0 atom stereocenters. The lowest BCUT2D eigenvalue weighted by molar-refractivity contribution is -0.115. The molecule has 1 aliphatic rings. The maximum Gasteiger partial charge on any atom is 0.338 e. The summed E-state index contributed by atoms with van der Waals surface area (Å²) in [5, 5.41) is 2.60. The monoisotopic (exact) mass is 427 g/mol. The van der Waals surface area contributed by atoms with Crippen molar-refractivity contribution in [1.29, 1.82) is 0 Å². The van der Waals surface area contributed by atoms with Crippen molar-refractivity contribution >= 4 is 46.3 Å². The molecule has 29 heavy (non-hydrogen) atoms. The smallest absolute Gasteiger partial charge is 0.338 e. The number of carbonyl (C=O) groups excluding carboxylic acids is 2. The van der Waals surface area contributed by atoms with Gasteiger partial charge in [-0.05, 0) is 36.3 Å². The molecule has 0 unspecified atom stereocenters. The van der Waals surface area contributed by atoms with Gasteiger partial charge < -0.3 is 14.8 Å². The predicted octanol–water partition coefficient (Wildman–Crippen LogP) is 4.71. The van der Waals surface area contributed by atoms with Gasteiger partial charge in [0.1, 0.15) is 16.7 Å². The van der Waals surface area contributed by atoms with Crippen molar-refractivity contribution in [3.8, 4) is 5.75 Å². The van der Waals surface area contributed by atoms with Gasteiger partial charge in [0.15, 0.2) is 0 Å². The van der Waals surface area contributed by atoms with Gasteiger partial charge in [-0.3, -0.25) is 4.79 Å². The molecule has 3 rings (SSSR count). The van der Waals surface area contributed by atoms with E-state index in [1.54, 1.807) is 12.1 Å². The van der Waals surface area contributed by atoms with Crippen LogP contribution in [0.3, 0.4) is 0 Å². The van der Waals surface area contributed by atoms with E-state index in [1.165, 1.54) is 11.8 Å². The van der Waals surface area contributed by atoms with Gasteiger partial charge in [-0.1, -0.05) is 67.7 Å². The van der Waals surface area contributed by atoms with Crippen LogP contribution in [0.1, 0.15) is 41.3 Å². The Balaban J connectivity index is 1.68. The van der Waals surface area contributed by atoms with Gasteiger partial charge in [0.05, 0.1) is 17.1 Å². The van der Waals surface area contributed by atoms with Crippen LogP contribution in [-0.4, -0.2) is 22.8 Å². The molecule has 0 spiro atoms. The highest BCUT2D eigenvalue weighted by Crippen LogP contribution is 2.27. The lowest BCUT2D eigenvalue weighted by atomic mass is 10.1. The molecule has 2 aromatic rings. The maximum absolute atomic E-state index is 12.3. The second-order valence-electron chi connectivity index (χ2n) is 6.36. The topological polar surface area (TPSA) is 64.6 Å². The van der Waals surface area contributed by atoms with Crippen LogP contribution in [-0.2, 0) is 16.1 Å². The fourth-order valence-electron chi connectivity index (χ4n) is 2.66. The fourth-order valence-corrected chi connectivity index (χ4v) is 3.70. The third-order valence-corrected chi connectivity index (χ3v) is 5.32. The molecular formula is C22H21NO4S2. The van der Waals surface area contributed by atoms with E-state index in [0.717, 1.165) is 24.0 Å². The van der Waals surface area contributed by atoms with E-state index in [4.69, 9.17) is 21.7 Å². The summed E-state index contributed by atoms with van der Waals surface area (Å²) in [5.41, 5.74) is 2.10.